The second kappa shape index (κ2) is 9.19. The van der Waals surface area contributed by atoms with Crippen molar-refractivity contribution in [2.75, 3.05) is 11.9 Å². The number of aromatic nitrogens is 1. The van der Waals surface area contributed by atoms with Gasteiger partial charge in [0, 0.05) is 22.5 Å². The average Bonchev–Trinajstić information content (AvgIpc) is 3.29. The standard InChI is InChI=1S/C23H27ClN4O3S/c1-3-15-6-8-23(9-7-15)20(30)28(22(31)27-23)13-19(29)26-21-25-12-17(32-21)10-16-5-4-14(2)18(24)11-16/h4-5,11-12,15H,3,6-10,13H2,1-2H3,(H,27,31)(H,25,26,29). The van der Waals surface area contributed by atoms with Crippen LogP contribution in [0.25, 0.3) is 0 Å². The molecule has 1 saturated carbocycles. The lowest BCUT2D eigenvalue weighted by atomic mass is 9.75. The second-order valence-electron chi connectivity index (χ2n) is 8.70. The van der Waals surface area contributed by atoms with Gasteiger partial charge in [0.05, 0.1) is 0 Å². The molecule has 2 aliphatic rings. The fourth-order valence-electron chi connectivity index (χ4n) is 4.43. The number of nitrogens with zero attached hydrogens (tertiary/aromatic N) is 2. The van der Waals surface area contributed by atoms with Crippen LogP contribution >= 0.6 is 22.9 Å². The third-order valence-corrected chi connectivity index (χ3v) is 7.82. The molecular formula is C23H27ClN4O3S. The smallest absolute Gasteiger partial charge is 0.323 e. The molecule has 1 aromatic heterocycles. The van der Waals surface area contributed by atoms with E-state index in [1.807, 2.05) is 25.1 Å². The fourth-order valence-corrected chi connectivity index (χ4v) is 5.50. The summed E-state index contributed by atoms with van der Waals surface area (Å²) >= 11 is 7.55. The molecule has 1 spiro atoms. The van der Waals surface area contributed by atoms with E-state index in [1.165, 1.54) is 11.3 Å². The highest BCUT2D eigenvalue weighted by molar-refractivity contribution is 7.15. The Morgan fingerprint density at radius 1 is 1.34 bits per heavy atom. The summed E-state index contributed by atoms with van der Waals surface area (Å²) in [6.07, 6.45) is 6.54. The van der Waals surface area contributed by atoms with Gasteiger partial charge in [-0.05, 0) is 55.7 Å². The van der Waals surface area contributed by atoms with Gasteiger partial charge in [-0.3, -0.25) is 14.5 Å². The number of amides is 4. The van der Waals surface area contributed by atoms with E-state index in [0.717, 1.165) is 45.2 Å². The van der Waals surface area contributed by atoms with E-state index in [1.54, 1.807) is 6.20 Å². The van der Waals surface area contributed by atoms with E-state index in [9.17, 15) is 14.4 Å². The quantitative estimate of drug-likeness (QED) is 0.602. The Balaban J connectivity index is 1.34. The van der Waals surface area contributed by atoms with Gasteiger partial charge >= 0.3 is 6.03 Å². The van der Waals surface area contributed by atoms with E-state index >= 15 is 0 Å². The maximum atomic E-state index is 13.0. The van der Waals surface area contributed by atoms with Gasteiger partial charge in [-0.25, -0.2) is 9.78 Å². The summed E-state index contributed by atoms with van der Waals surface area (Å²) in [5.41, 5.74) is 1.24. The van der Waals surface area contributed by atoms with E-state index in [4.69, 9.17) is 11.6 Å². The zero-order valence-corrected chi connectivity index (χ0v) is 19.8. The number of anilines is 1. The van der Waals surface area contributed by atoms with Crippen LogP contribution in [0.1, 0.15) is 55.0 Å². The molecule has 1 saturated heterocycles. The first-order valence-corrected chi connectivity index (χ1v) is 12.1. The van der Waals surface area contributed by atoms with Crippen LogP contribution < -0.4 is 10.6 Å². The Bertz CT molecular complexity index is 1050. The maximum absolute atomic E-state index is 13.0. The van der Waals surface area contributed by atoms with E-state index in [-0.39, 0.29) is 12.5 Å². The lowest BCUT2D eigenvalue weighted by Gasteiger charge is -2.34. The Labute approximate surface area is 196 Å². The molecule has 0 unspecified atom stereocenters. The molecule has 170 valence electrons. The van der Waals surface area contributed by atoms with Crippen molar-refractivity contribution in [3.05, 3.63) is 45.4 Å². The van der Waals surface area contributed by atoms with Crippen LogP contribution in [0.15, 0.2) is 24.4 Å². The predicted octanol–water partition coefficient (Wildman–Crippen LogP) is 4.53. The molecule has 2 fully saturated rings. The molecule has 32 heavy (non-hydrogen) atoms. The molecule has 0 atom stereocenters. The van der Waals surface area contributed by atoms with Crippen LogP contribution in [-0.2, 0) is 16.0 Å². The van der Waals surface area contributed by atoms with Gasteiger partial charge in [0.1, 0.15) is 12.1 Å². The highest BCUT2D eigenvalue weighted by Crippen LogP contribution is 2.37. The lowest BCUT2D eigenvalue weighted by molar-refractivity contribution is -0.135. The molecule has 4 rings (SSSR count). The van der Waals surface area contributed by atoms with E-state index in [2.05, 4.69) is 22.5 Å². The Hall–Kier alpha value is -2.45. The third-order valence-electron chi connectivity index (χ3n) is 6.50. The molecule has 0 radical (unpaired) electrons. The van der Waals surface area contributed by atoms with Gasteiger partial charge in [0.25, 0.3) is 5.91 Å². The molecule has 1 aliphatic heterocycles. The van der Waals surface area contributed by atoms with Gasteiger partial charge in [-0.15, -0.1) is 11.3 Å². The van der Waals surface area contributed by atoms with Crippen LogP contribution in [0.2, 0.25) is 5.02 Å². The number of nitrogens with one attached hydrogen (secondary N) is 2. The van der Waals surface area contributed by atoms with Crippen molar-refractivity contribution in [2.45, 2.75) is 57.9 Å². The third kappa shape index (κ3) is 4.66. The largest absolute Gasteiger partial charge is 0.325 e. The number of hydrogen-bond acceptors (Lipinski definition) is 5. The summed E-state index contributed by atoms with van der Waals surface area (Å²) in [5.74, 6) is -0.131. The van der Waals surface area contributed by atoms with Crippen LogP contribution in [-0.4, -0.2) is 39.8 Å². The molecular weight excluding hydrogens is 448 g/mol. The fraction of sp³-hybridized carbons (Fsp3) is 0.478. The molecule has 4 amide bonds. The molecule has 2 aromatic rings. The summed E-state index contributed by atoms with van der Waals surface area (Å²) < 4.78 is 0. The van der Waals surface area contributed by atoms with Gasteiger partial charge in [-0.2, -0.15) is 0 Å². The first kappa shape index (κ1) is 22.7. The molecule has 9 heteroatoms. The number of aryl methyl sites for hydroxylation is 1. The number of benzene rings is 1. The number of carbonyl (C=O) groups excluding carboxylic acids is 3. The molecule has 2 N–H and O–H groups in total. The number of rotatable bonds is 6. The summed E-state index contributed by atoms with van der Waals surface area (Å²) in [7, 11) is 0. The number of hydrogen-bond donors (Lipinski definition) is 2. The molecule has 1 aromatic carbocycles. The minimum atomic E-state index is -0.841. The van der Waals surface area contributed by atoms with Crippen molar-refractivity contribution in [1.29, 1.82) is 0 Å². The summed E-state index contributed by atoms with van der Waals surface area (Å²) in [6, 6.07) is 5.42. The van der Waals surface area contributed by atoms with Crippen LogP contribution in [0.3, 0.4) is 0 Å². The average molecular weight is 475 g/mol. The van der Waals surface area contributed by atoms with Crippen molar-refractivity contribution in [1.82, 2.24) is 15.2 Å². The van der Waals surface area contributed by atoms with Crippen LogP contribution in [0, 0.1) is 12.8 Å². The number of urea groups is 1. The number of thiazole rings is 1. The van der Waals surface area contributed by atoms with Gasteiger partial charge in [0.2, 0.25) is 5.91 Å². The number of halogens is 1. The first-order chi connectivity index (χ1) is 15.3. The van der Waals surface area contributed by atoms with Crippen molar-refractivity contribution in [2.24, 2.45) is 5.92 Å². The van der Waals surface area contributed by atoms with E-state index in [0.29, 0.717) is 30.3 Å². The zero-order valence-electron chi connectivity index (χ0n) is 18.2. The zero-order chi connectivity index (χ0) is 22.9. The molecule has 1 aliphatic carbocycles. The van der Waals surface area contributed by atoms with Crippen molar-refractivity contribution in [3.8, 4) is 0 Å². The SMILES string of the molecule is CCC1CCC2(CC1)NC(=O)N(CC(=O)Nc1ncc(Cc3ccc(C)c(Cl)c3)s1)C2=O. The first-order valence-electron chi connectivity index (χ1n) is 10.9. The highest BCUT2D eigenvalue weighted by atomic mass is 35.5. The Kier molecular flexibility index (Phi) is 6.53. The second-order valence-corrected chi connectivity index (χ2v) is 10.2. The highest BCUT2D eigenvalue weighted by Gasteiger charge is 2.52. The molecule has 7 nitrogen and oxygen atoms in total. The minimum absolute atomic E-state index is 0.289. The number of carbonyl (C=O) groups is 3. The van der Waals surface area contributed by atoms with Crippen molar-refractivity contribution < 1.29 is 14.4 Å². The van der Waals surface area contributed by atoms with Gasteiger partial charge < -0.3 is 10.6 Å². The topological polar surface area (TPSA) is 91.4 Å². The normalized spacial score (nSPS) is 23.0. The van der Waals surface area contributed by atoms with Gasteiger partial charge in [-0.1, -0.05) is 37.1 Å². The monoisotopic (exact) mass is 474 g/mol. The molecule has 2 heterocycles. The summed E-state index contributed by atoms with van der Waals surface area (Å²) in [4.78, 5) is 44.2. The summed E-state index contributed by atoms with van der Waals surface area (Å²) in [6.45, 7) is 3.79. The van der Waals surface area contributed by atoms with Gasteiger partial charge in [0.15, 0.2) is 5.13 Å². The Morgan fingerprint density at radius 3 is 2.78 bits per heavy atom. The van der Waals surface area contributed by atoms with Crippen LogP contribution in [0.5, 0.6) is 0 Å². The molecule has 0 bridgehead atoms. The summed E-state index contributed by atoms with van der Waals surface area (Å²) in [5, 5.41) is 6.73. The predicted molar refractivity (Wildman–Crippen MR) is 125 cm³/mol. The maximum Gasteiger partial charge on any atom is 0.325 e. The lowest BCUT2D eigenvalue weighted by Crippen LogP contribution is -2.49. The number of imide groups is 1. The van der Waals surface area contributed by atoms with E-state index < -0.39 is 17.5 Å². The van der Waals surface area contributed by atoms with Crippen molar-refractivity contribution >= 4 is 45.9 Å². The minimum Gasteiger partial charge on any atom is -0.323 e. The van der Waals surface area contributed by atoms with Crippen LogP contribution in [0.4, 0.5) is 9.93 Å². The van der Waals surface area contributed by atoms with Crippen molar-refractivity contribution in [3.63, 3.8) is 0 Å². The Morgan fingerprint density at radius 2 is 2.09 bits per heavy atom.